The third-order valence-corrected chi connectivity index (χ3v) is 4.13. The number of benzene rings is 1. The van der Waals surface area contributed by atoms with Gasteiger partial charge in [0.2, 0.25) is 0 Å². The molecular formula is C18H27NO2. The average molecular weight is 289 g/mol. The maximum atomic E-state index is 12.2. The number of esters is 1. The van der Waals surface area contributed by atoms with Gasteiger partial charge in [0.15, 0.2) is 0 Å². The number of hydrogen-bond donors (Lipinski definition) is 0. The summed E-state index contributed by atoms with van der Waals surface area (Å²) < 4.78 is 5.27. The zero-order valence-electron chi connectivity index (χ0n) is 13.4. The number of nitrogens with zero attached hydrogens (tertiary/aromatic N) is 1. The lowest BCUT2D eigenvalue weighted by molar-refractivity contribution is -0.149. The summed E-state index contributed by atoms with van der Waals surface area (Å²) in [7, 11) is 0. The number of rotatable bonds is 6. The third-order valence-electron chi connectivity index (χ3n) is 4.13. The van der Waals surface area contributed by atoms with Crippen molar-refractivity contribution in [2.75, 3.05) is 19.7 Å². The second kappa shape index (κ2) is 7.60. The molecule has 3 nitrogen and oxygen atoms in total. The largest absolute Gasteiger partial charge is 0.466 e. The Kier molecular flexibility index (Phi) is 5.80. The highest BCUT2D eigenvalue weighted by Crippen LogP contribution is 2.31. The van der Waals surface area contributed by atoms with E-state index in [1.54, 1.807) is 0 Å². The van der Waals surface area contributed by atoms with Crippen LogP contribution in [0.15, 0.2) is 30.3 Å². The van der Waals surface area contributed by atoms with E-state index in [1.165, 1.54) is 5.56 Å². The zero-order chi connectivity index (χ0) is 15.2. The molecule has 0 aliphatic carbocycles. The van der Waals surface area contributed by atoms with Crippen molar-refractivity contribution in [3.63, 3.8) is 0 Å². The van der Waals surface area contributed by atoms with Crippen molar-refractivity contribution in [1.29, 1.82) is 0 Å². The van der Waals surface area contributed by atoms with Gasteiger partial charge in [-0.25, -0.2) is 0 Å². The van der Waals surface area contributed by atoms with Crippen LogP contribution in [0.4, 0.5) is 0 Å². The van der Waals surface area contributed by atoms with Crippen LogP contribution >= 0.6 is 0 Å². The van der Waals surface area contributed by atoms with E-state index in [2.05, 4.69) is 43.0 Å². The highest BCUT2D eigenvalue weighted by molar-refractivity contribution is 5.73. The van der Waals surface area contributed by atoms with Crippen molar-refractivity contribution >= 4 is 5.97 Å². The van der Waals surface area contributed by atoms with E-state index in [0.29, 0.717) is 18.4 Å². The molecule has 1 aliphatic heterocycles. The summed E-state index contributed by atoms with van der Waals surface area (Å²) in [6.45, 7) is 9.55. The van der Waals surface area contributed by atoms with Crippen LogP contribution in [0.5, 0.6) is 0 Å². The van der Waals surface area contributed by atoms with Gasteiger partial charge in [-0.15, -0.1) is 0 Å². The molecule has 2 atom stereocenters. The van der Waals surface area contributed by atoms with Crippen molar-refractivity contribution in [3.8, 4) is 0 Å². The van der Waals surface area contributed by atoms with Crippen molar-refractivity contribution in [2.45, 2.75) is 33.7 Å². The molecular weight excluding hydrogens is 262 g/mol. The molecule has 0 spiro atoms. The summed E-state index contributed by atoms with van der Waals surface area (Å²) in [6.07, 6.45) is 1.09. The molecule has 21 heavy (non-hydrogen) atoms. The summed E-state index contributed by atoms with van der Waals surface area (Å²) >= 11 is 0. The topological polar surface area (TPSA) is 29.5 Å². The van der Waals surface area contributed by atoms with Crippen LogP contribution in [-0.2, 0) is 16.1 Å². The molecule has 0 saturated carbocycles. The second-order valence-corrected chi connectivity index (χ2v) is 6.43. The van der Waals surface area contributed by atoms with Crippen molar-refractivity contribution in [2.24, 2.45) is 17.8 Å². The number of likely N-dealkylation sites (tertiary alicyclic amines) is 1. The number of ether oxygens (including phenoxy) is 1. The van der Waals surface area contributed by atoms with Gasteiger partial charge < -0.3 is 4.74 Å². The van der Waals surface area contributed by atoms with Crippen molar-refractivity contribution in [3.05, 3.63) is 35.9 Å². The molecule has 116 valence electrons. The van der Waals surface area contributed by atoms with Gasteiger partial charge in [0.25, 0.3) is 0 Å². The summed E-state index contributed by atoms with van der Waals surface area (Å²) in [6, 6.07) is 10.5. The summed E-state index contributed by atoms with van der Waals surface area (Å²) in [4.78, 5) is 14.6. The lowest BCUT2D eigenvalue weighted by atomic mass is 9.88. The van der Waals surface area contributed by atoms with Gasteiger partial charge in [0.1, 0.15) is 0 Å². The minimum absolute atomic E-state index is 0.0151. The van der Waals surface area contributed by atoms with Gasteiger partial charge in [0, 0.05) is 19.6 Å². The van der Waals surface area contributed by atoms with Gasteiger partial charge in [-0.2, -0.15) is 0 Å². The Morgan fingerprint density at radius 2 is 2.00 bits per heavy atom. The van der Waals surface area contributed by atoms with Gasteiger partial charge in [-0.3, -0.25) is 9.69 Å². The van der Waals surface area contributed by atoms with Gasteiger partial charge in [-0.05, 0) is 30.7 Å². The van der Waals surface area contributed by atoms with E-state index >= 15 is 0 Å². The summed E-state index contributed by atoms with van der Waals surface area (Å²) in [5, 5.41) is 0. The van der Waals surface area contributed by atoms with E-state index in [4.69, 9.17) is 4.74 Å². The SMILES string of the molecule is CCOC(=O)[C@H]1CN(Cc2ccccc2)CC1CC(C)C. The van der Waals surface area contributed by atoms with E-state index in [0.717, 1.165) is 26.1 Å². The van der Waals surface area contributed by atoms with Crippen molar-refractivity contribution in [1.82, 2.24) is 4.90 Å². The lowest BCUT2D eigenvalue weighted by Crippen LogP contribution is -2.26. The molecule has 0 amide bonds. The average Bonchev–Trinajstić information content (AvgIpc) is 2.82. The Morgan fingerprint density at radius 3 is 2.62 bits per heavy atom. The molecule has 1 aromatic carbocycles. The highest BCUT2D eigenvalue weighted by atomic mass is 16.5. The number of hydrogen-bond acceptors (Lipinski definition) is 3. The number of carbonyl (C=O) groups is 1. The smallest absolute Gasteiger partial charge is 0.310 e. The van der Waals surface area contributed by atoms with E-state index in [1.807, 2.05) is 13.0 Å². The second-order valence-electron chi connectivity index (χ2n) is 6.43. The van der Waals surface area contributed by atoms with Crippen LogP contribution in [-0.4, -0.2) is 30.6 Å². The monoisotopic (exact) mass is 289 g/mol. The first-order chi connectivity index (χ1) is 10.1. The predicted molar refractivity (Wildman–Crippen MR) is 84.8 cm³/mol. The normalized spacial score (nSPS) is 22.7. The van der Waals surface area contributed by atoms with Gasteiger partial charge in [-0.1, -0.05) is 44.2 Å². The quantitative estimate of drug-likeness (QED) is 0.752. The van der Waals surface area contributed by atoms with Crippen LogP contribution in [0.25, 0.3) is 0 Å². The van der Waals surface area contributed by atoms with Crippen LogP contribution in [0.3, 0.4) is 0 Å². The molecule has 0 radical (unpaired) electrons. The standard InChI is InChI=1S/C18H27NO2/c1-4-21-18(20)17-13-19(12-16(17)10-14(2)3)11-15-8-6-5-7-9-15/h5-9,14,16-17H,4,10-13H2,1-3H3/t16?,17-/m0/s1. The Labute approximate surface area is 128 Å². The maximum Gasteiger partial charge on any atom is 0.310 e. The molecule has 0 bridgehead atoms. The third kappa shape index (κ3) is 4.57. The Hall–Kier alpha value is -1.35. The minimum atomic E-state index is -0.0151. The minimum Gasteiger partial charge on any atom is -0.466 e. The summed E-state index contributed by atoms with van der Waals surface area (Å²) in [5.74, 6) is 1.06. The van der Waals surface area contributed by atoms with Crippen LogP contribution in [0, 0.1) is 17.8 Å². The molecule has 1 aromatic rings. The molecule has 1 unspecified atom stereocenters. The molecule has 3 heteroatoms. The van der Waals surface area contributed by atoms with E-state index in [-0.39, 0.29) is 11.9 Å². The van der Waals surface area contributed by atoms with E-state index < -0.39 is 0 Å². The van der Waals surface area contributed by atoms with Crippen LogP contribution < -0.4 is 0 Å². The predicted octanol–water partition coefficient (Wildman–Crippen LogP) is 3.34. The Morgan fingerprint density at radius 1 is 1.29 bits per heavy atom. The van der Waals surface area contributed by atoms with Crippen LogP contribution in [0.2, 0.25) is 0 Å². The Bertz CT molecular complexity index is 444. The lowest BCUT2D eigenvalue weighted by Gasteiger charge is -2.18. The van der Waals surface area contributed by atoms with Crippen LogP contribution in [0.1, 0.15) is 32.8 Å². The first-order valence-corrected chi connectivity index (χ1v) is 8.03. The molecule has 0 aromatic heterocycles. The van der Waals surface area contributed by atoms with Gasteiger partial charge >= 0.3 is 5.97 Å². The molecule has 0 N–H and O–H groups in total. The fraction of sp³-hybridized carbons (Fsp3) is 0.611. The van der Waals surface area contributed by atoms with Gasteiger partial charge in [0.05, 0.1) is 12.5 Å². The Balaban J connectivity index is 2.01. The molecule has 2 rings (SSSR count). The molecule has 1 saturated heterocycles. The fourth-order valence-electron chi connectivity index (χ4n) is 3.29. The maximum absolute atomic E-state index is 12.2. The fourth-order valence-corrected chi connectivity index (χ4v) is 3.29. The first-order valence-electron chi connectivity index (χ1n) is 8.03. The highest BCUT2D eigenvalue weighted by Gasteiger charge is 2.38. The molecule has 1 fully saturated rings. The van der Waals surface area contributed by atoms with E-state index in [9.17, 15) is 4.79 Å². The summed E-state index contributed by atoms with van der Waals surface area (Å²) in [5.41, 5.74) is 1.31. The molecule has 1 aliphatic rings. The molecule has 1 heterocycles. The number of carbonyl (C=O) groups excluding carboxylic acids is 1. The van der Waals surface area contributed by atoms with Crippen molar-refractivity contribution < 1.29 is 9.53 Å². The first kappa shape index (κ1) is 16.0. The zero-order valence-corrected chi connectivity index (χ0v) is 13.4.